The quantitative estimate of drug-likeness (QED) is 0.712. The lowest BCUT2D eigenvalue weighted by molar-refractivity contribution is 0.627. The highest BCUT2D eigenvalue weighted by atomic mass is 32.1. The molecule has 0 spiro atoms. The van der Waals surface area contributed by atoms with Crippen LogP contribution in [0.3, 0.4) is 0 Å². The van der Waals surface area contributed by atoms with Gasteiger partial charge >= 0.3 is 0 Å². The highest BCUT2D eigenvalue weighted by Gasteiger charge is 2.11. The van der Waals surface area contributed by atoms with Gasteiger partial charge in [-0.15, -0.1) is 11.3 Å². The monoisotopic (exact) mass is 347 g/mol. The van der Waals surface area contributed by atoms with E-state index in [2.05, 4.69) is 0 Å². The molecule has 4 nitrogen and oxygen atoms in total. The SMILES string of the molecule is N#CC(C#N)=c1s/c(=C/c2ccccc2)c(=O)n1-c1ccc(F)cc1. The van der Waals surface area contributed by atoms with Crippen molar-refractivity contribution in [2.24, 2.45) is 0 Å². The minimum atomic E-state index is -0.436. The van der Waals surface area contributed by atoms with E-state index in [4.69, 9.17) is 0 Å². The Labute approximate surface area is 146 Å². The van der Waals surface area contributed by atoms with Crippen molar-refractivity contribution in [1.29, 1.82) is 10.5 Å². The summed E-state index contributed by atoms with van der Waals surface area (Å²) in [4.78, 5) is 12.8. The van der Waals surface area contributed by atoms with Crippen LogP contribution in [0.25, 0.3) is 17.3 Å². The zero-order chi connectivity index (χ0) is 17.8. The molecule has 6 heteroatoms. The number of benzene rings is 2. The molecule has 0 saturated heterocycles. The molecule has 0 saturated carbocycles. The standard InChI is InChI=1S/C19H10FN3OS/c20-15-6-8-16(9-7-15)23-18(24)17(10-13-4-2-1-3-5-13)25-19(23)14(11-21)12-22/h1-10H/b17-10+. The summed E-state index contributed by atoms with van der Waals surface area (Å²) in [6.45, 7) is 0. The second kappa shape index (κ2) is 6.96. The first-order valence-electron chi connectivity index (χ1n) is 7.23. The maximum absolute atomic E-state index is 13.2. The van der Waals surface area contributed by atoms with E-state index in [1.54, 1.807) is 6.08 Å². The Balaban J connectivity index is 2.39. The summed E-state index contributed by atoms with van der Waals surface area (Å²) >= 11 is 1.06. The summed E-state index contributed by atoms with van der Waals surface area (Å²) in [7, 11) is 0. The van der Waals surface area contributed by atoms with Crippen LogP contribution in [0.2, 0.25) is 0 Å². The van der Waals surface area contributed by atoms with Crippen LogP contribution in [0, 0.1) is 28.5 Å². The molecule has 3 aromatic rings. The molecule has 0 aliphatic rings. The van der Waals surface area contributed by atoms with E-state index in [1.165, 1.54) is 28.8 Å². The van der Waals surface area contributed by atoms with Crippen LogP contribution < -0.4 is 14.8 Å². The van der Waals surface area contributed by atoms with E-state index in [-0.39, 0.29) is 15.8 Å². The van der Waals surface area contributed by atoms with Crippen molar-refractivity contribution in [1.82, 2.24) is 4.57 Å². The first kappa shape index (κ1) is 16.4. The molecule has 1 heterocycles. The van der Waals surface area contributed by atoms with E-state index in [0.717, 1.165) is 16.9 Å². The smallest absolute Gasteiger partial charge is 0.267 e. The Kier molecular flexibility index (Phi) is 4.56. The van der Waals surface area contributed by atoms with E-state index < -0.39 is 5.82 Å². The van der Waals surface area contributed by atoms with Crippen molar-refractivity contribution < 1.29 is 4.39 Å². The summed E-state index contributed by atoms with van der Waals surface area (Å²) in [6.07, 6.45) is 1.70. The summed E-state index contributed by atoms with van der Waals surface area (Å²) < 4.78 is 15.1. The minimum absolute atomic E-state index is 0.167. The zero-order valence-electron chi connectivity index (χ0n) is 12.8. The summed E-state index contributed by atoms with van der Waals surface area (Å²) in [5.41, 5.74) is 0.695. The Morgan fingerprint density at radius 3 is 2.28 bits per heavy atom. The average molecular weight is 347 g/mol. The predicted octanol–water partition coefficient (Wildman–Crippen LogP) is 2.06. The van der Waals surface area contributed by atoms with Gasteiger partial charge < -0.3 is 0 Å². The zero-order valence-corrected chi connectivity index (χ0v) is 13.6. The first-order chi connectivity index (χ1) is 12.1. The lowest BCUT2D eigenvalue weighted by Gasteiger charge is -2.01. The highest BCUT2D eigenvalue weighted by Crippen LogP contribution is 2.06. The summed E-state index contributed by atoms with van der Waals surface area (Å²) in [5.74, 6) is -0.436. The number of thiazole rings is 1. The molecule has 0 unspecified atom stereocenters. The van der Waals surface area contributed by atoms with Gasteiger partial charge in [-0.1, -0.05) is 30.3 Å². The Bertz CT molecular complexity index is 1160. The maximum Gasteiger partial charge on any atom is 0.273 e. The minimum Gasteiger partial charge on any atom is -0.267 e. The van der Waals surface area contributed by atoms with Crippen molar-refractivity contribution in [2.45, 2.75) is 0 Å². The van der Waals surface area contributed by atoms with Gasteiger partial charge in [0.15, 0.2) is 5.57 Å². The fourth-order valence-electron chi connectivity index (χ4n) is 2.30. The second-order valence-corrected chi connectivity index (χ2v) is 6.07. The van der Waals surface area contributed by atoms with Crippen molar-refractivity contribution >= 4 is 23.0 Å². The van der Waals surface area contributed by atoms with Gasteiger partial charge in [-0.3, -0.25) is 9.36 Å². The number of aromatic nitrogens is 1. The first-order valence-corrected chi connectivity index (χ1v) is 8.05. The van der Waals surface area contributed by atoms with Crippen LogP contribution in [0.15, 0.2) is 59.4 Å². The van der Waals surface area contributed by atoms with Gasteiger partial charge in [0.1, 0.15) is 22.6 Å². The molecule has 0 aliphatic heterocycles. The van der Waals surface area contributed by atoms with Gasteiger partial charge in [0.25, 0.3) is 5.56 Å². The van der Waals surface area contributed by atoms with E-state index >= 15 is 0 Å². The van der Waals surface area contributed by atoms with Crippen molar-refractivity contribution in [2.75, 3.05) is 0 Å². The van der Waals surface area contributed by atoms with Crippen molar-refractivity contribution in [3.05, 3.63) is 85.5 Å². The molecule has 0 fully saturated rings. The summed E-state index contributed by atoms with van der Waals surface area (Å²) in [6, 6.07) is 18.2. The lowest BCUT2D eigenvalue weighted by Crippen LogP contribution is -2.30. The van der Waals surface area contributed by atoms with E-state index in [9.17, 15) is 19.7 Å². The van der Waals surface area contributed by atoms with Crippen LogP contribution in [-0.4, -0.2) is 4.57 Å². The Morgan fingerprint density at radius 2 is 1.68 bits per heavy atom. The summed E-state index contributed by atoms with van der Waals surface area (Å²) in [5, 5.41) is 18.4. The van der Waals surface area contributed by atoms with Gasteiger partial charge in [-0.05, 0) is 35.9 Å². The molecule has 0 aliphatic carbocycles. The van der Waals surface area contributed by atoms with Crippen LogP contribution in [0.4, 0.5) is 4.39 Å². The van der Waals surface area contributed by atoms with Gasteiger partial charge in [0.2, 0.25) is 0 Å². The molecule has 0 atom stereocenters. The average Bonchev–Trinajstić information content (AvgIpc) is 2.94. The molecule has 0 bridgehead atoms. The maximum atomic E-state index is 13.2. The lowest BCUT2D eigenvalue weighted by atomic mass is 10.2. The van der Waals surface area contributed by atoms with Crippen molar-refractivity contribution in [3.8, 4) is 17.8 Å². The third kappa shape index (κ3) is 3.25. The van der Waals surface area contributed by atoms with Crippen LogP contribution >= 0.6 is 11.3 Å². The Hall–Kier alpha value is -3.48. The molecular weight excluding hydrogens is 337 g/mol. The Morgan fingerprint density at radius 1 is 1.04 bits per heavy atom. The van der Waals surface area contributed by atoms with Crippen LogP contribution in [0.5, 0.6) is 0 Å². The molecule has 3 rings (SSSR count). The van der Waals surface area contributed by atoms with E-state index in [0.29, 0.717) is 10.2 Å². The molecule has 2 aromatic carbocycles. The third-order valence-electron chi connectivity index (χ3n) is 3.44. The van der Waals surface area contributed by atoms with Crippen LogP contribution in [-0.2, 0) is 0 Å². The molecule has 0 amide bonds. The molecule has 120 valence electrons. The molecular formula is C19H10FN3OS. The van der Waals surface area contributed by atoms with Crippen molar-refractivity contribution in [3.63, 3.8) is 0 Å². The topological polar surface area (TPSA) is 69.6 Å². The van der Waals surface area contributed by atoms with Gasteiger partial charge in [0.05, 0.1) is 10.2 Å². The molecule has 1 aromatic heterocycles. The molecule has 0 N–H and O–H groups in total. The number of rotatable bonds is 2. The highest BCUT2D eigenvalue weighted by molar-refractivity contribution is 7.07. The normalized spacial score (nSPS) is 10.9. The fourth-order valence-corrected chi connectivity index (χ4v) is 3.35. The van der Waals surface area contributed by atoms with Gasteiger partial charge in [0, 0.05) is 0 Å². The fraction of sp³-hybridized carbons (Fsp3) is 0. The number of nitrogens with zero attached hydrogens (tertiary/aromatic N) is 3. The number of halogens is 1. The van der Waals surface area contributed by atoms with Crippen LogP contribution in [0.1, 0.15) is 5.56 Å². The van der Waals surface area contributed by atoms with E-state index in [1.807, 2.05) is 42.5 Å². The van der Waals surface area contributed by atoms with Gasteiger partial charge in [-0.2, -0.15) is 10.5 Å². The number of hydrogen-bond acceptors (Lipinski definition) is 4. The number of nitriles is 2. The predicted molar refractivity (Wildman–Crippen MR) is 93.8 cm³/mol. The molecule has 25 heavy (non-hydrogen) atoms. The second-order valence-electron chi connectivity index (χ2n) is 5.04. The third-order valence-corrected chi connectivity index (χ3v) is 4.54. The number of hydrogen-bond donors (Lipinski definition) is 0. The largest absolute Gasteiger partial charge is 0.273 e. The molecule has 0 radical (unpaired) electrons. The van der Waals surface area contributed by atoms with Gasteiger partial charge in [-0.25, -0.2) is 4.39 Å².